The molecule has 0 N–H and O–H groups in total. The van der Waals surface area contributed by atoms with Crippen molar-refractivity contribution < 1.29 is 9.47 Å². The van der Waals surface area contributed by atoms with E-state index in [4.69, 9.17) is 9.47 Å². The van der Waals surface area contributed by atoms with Gasteiger partial charge in [-0.05, 0) is 30.1 Å². The SMILES string of the molecule is C(#CC1SCCCS1)c1cccc2c1OCCO2. The van der Waals surface area contributed by atoms with Gasteiger partial charge in [-0.15, -0.1) is 23.5 Å². The van der Waals surface area contributed by atoms with Crippen LogP contribution >= 0.6 is 23.5 Å². The molecule has 3 rings (SSSR count). The highest BCUT2D eigenvalue weighted by Gasteiger charge is 2.15. The molecule has 18 heavy (non-hydrogen) atoms. The number of thioether (sulfide) groups is 2. The lowest BCUT2D eigenvalue weighted by molar-refractivity contribution is 0.171. The van der Waals surface area contributed by atoms with Gasteiger partial charge < -0.3 is 9.47 Å². The topological polar surface area (TPSA) is 18.5 Å². The van der Waals surface area contributed by atoms with Crippen LogP contribution in [0.4, 0.5) is 0 Å². The summed E-state index contributed by atoms with van der Waals surface area (Å²) in [7, 11) is 0. The average molecular weight is 278 g/mol. The van der Waals surface area contributed by atoms with Gasteiger partial charge in [0.2, 0.25) is 0 Å². The molecule has 0 amide bonds. The summed E-state index contributed by atoms with van der Waals surface area (Å²) in [5, 5.41) is 0. The van der Waals surface area contributed by atoms with Gasteiger partial charge in [0.15, 0.2) is 11.5 Å². The second-order valence-corrected chi connectivity index (χ2v) is 6.75. The predicted molar refractivity (Wildman–Crippen MR) is 77.6 cm³/mol. The fourth-order valence-corrected chi connectivity index (χ4v) is 4.36. The summed E-state index contributed by atoms with van der Waals surface area (Å²) in [6.45, 7) is 1.23. The maximum Gasteiger partial charge on any atom is 0.176 e. The molecule has 2 heterocycles. The number of fused-ring (bicyclic) bond motifs is 1. The third kappa shape index (κ3) is 2.73. The smallest absolute Gasteiger partial charge is 0.176 e. The van der Waals surface area contributed by atoms with Crippen molar-refractivity contribution in [2.45, 2.75) is 11.0 Å². The number of hydrogen-bond acceptors (Lipinski definition) is 4. The van der Waals surface area contributed by atoms with E-state index in [-0.39, 0.29) is 0 Å². The number of hydrogen-bond donors (Lipinski definition) is 0. The van der Waals surface area contributed by atoms with Crippen molar-refractivity contribution in [1.29, 1.82) is 0 Å². The Kier molecular flexibility index (Phi) is 3.92. The number of para-hydroxylation sites is 1. The minimum absolute atomic E-state index is 0.402. The molecule has 94 valence electrons. The third-order valence-corrected chi connectivity index (χ3v) is 5.42. The Balaban J connectivity index is 1.82. The van der Waals surface area contributed by atoms with E-state index in [1.807, 2.05) is 41.7 Å². The summed E-state index contributed by atoms with van der Waals surface area (Å²) in [6, 6.07) is 5.90. The van der Waals surface area contributed by atoms with Gasteiger partial charge in [0.25, 0.3) is 0 Å². The number of ether oxygens (including phenoxy) is 2. The lowest BCUT2D eigenvalue weighted by atomic mass is 10.2. The van der Waals surface area contributed by atoms with Crippen LogP contribution in [0.5, 0.6) is 11.5 Å². The fraction of sp³-hybridized carbons (Fsp3) is 0.429. The van der Waals surface area contributed by atoms with Crippen LogP contribution in [0.3, 0.4) is 0 Å². The molecule has 1 aromatic carbocycles. The van der Waals surface area contributed by atoms with Gasteiger partial charge in [-0.2, -0.15) is 0 Å². The van der Waals surface area contributed by atoms with E-state index in [2.05, 4.69) is 11.8 Å². The first-order valence-corrected chi connectivity index (χ1v) is 8.16. The Morgan fingerprint density at radius 1 is 1.11 bits per heavy atom. The Labute approximate surface area is 116 Å². The normalized spacial score (nSPS) is 18.9. The van der Waals surface area contributed by atoms with Gasteiger partial charge >= 0.3 is 0 Å². The first kappa shape index (κ1) is 12.1. The first-order chi connectivity index (χ1) is 8.93. The van der Waals surface area contributed by atoms with E-state index in [9.17, 15) is 0 Å². The first-order valence-electron chi connectivity index (χ1n) is 6.07. The van der Waals surface area contributed by atoms with Crippen LogP contribution in [0.15, 0.2) is 18.2 Å². The fourth-order valence-electron chi connectivity index (χ4n) is 1.88. The predicted octanol–water partition coefficient (Wildman–Crippen LogP) is 3.01. The zero-order chi connectivity index (χ0) is 12.2. The van der Waals surface area contributed by atoms with Crippen molar-refractivity contribution in [3.8, 4) is 23.3 Å². The van der Waals surface area contributed by atoms with Crippen LogP contribution in [0.25, 0.3) is 0 Å². The zero-order valence-corrected chi connectivity index (χ0v) is 11.6. The van der Waals surface area contributed by atoms with Gasteiger partial charge in [-0.25, -0.2) is 0 Å². The standard InChI is InChI=1S/C14H14O2S2/c1-3-11(5-6-13-17-9-2-10-18-13)14-12(4-1)15-7-8-16-14/h1,3-4,13H,2,7-10H2. The lowest BCUT2D eigenvalue weighted by Gasteiger charge is -2.19. The molecule has 0 bridgehead atoms. The summed E-state index contributed by atoms with van der Waals surface area (Å²) < 4.78 is 11.6. The highest BCUT2D eigenvalue weighted by Crippen LogP contribution is 2.34. The van der Waals surface area contributed by atoms with E-state index in [1.54, 1.807) is 0 Å². The quantitative estimate of drug-likeness (QED) is 0.679. The monoisotopic (exact) mass is 278 g/mol. The molecule has 4 heteroatoms. The van der Waals surface area contributed by atoms with Crippen LogP contribution in [-0.2, 0) is 0 Å². The molecule has 0 aromatic heterocycles. The molecule has 0 radical (unpaired) electrons. The molecule has 0 saturated carbocycles. The molecule has 2 aliphatic heterocycles. The van der Waals surface area contributed by atoms with Crippen LogP contribution in [0.1, 0.15) is 12.0 Å². The summed E-state index contributed by atoms with van der Waals surface area (Å²) >= 11 is 3.87. The van der Waals surface area contributed by atoms with Crippen molar-refractivity contribution in [2.75, 3.05) is 24.7 Å². The minimum Gasteiger partial charge on any atom is -0.486 e. The Bertz CT molecular complexity index is 484. The van der Waals surface area contributed by atoms with Gasteiger partial charge in [0.05, 0.1) is 5.56 Å². The average Bonchev–Trinajstić information content (AvgIpc) is 2.46. The molecule has 1 fully saturated rings. The molecular formula is C14H14O2S2. The Hall–Kier alpha value is -0.920. The second-order valence-electron chi connectivity index (χ2n) is 4.03. The summed E-state index contributed by atoms with van der Waals surface area (Å²) in [5.41, 5.74) is 0.943. The second kappa shape index (κ2) is 5.81. The Morgan fingerprint density at radius 2 is 1.94 bits per heavy atom. The van der Waals surface area contributed by atoms with E-state index >= 15 is 0 Å². The highest BCUT2D eigenvalue weighted by molar-refractivity contribution is 8.17. The van der Waals surface area contributed by atoms with E-state index in [0.29, 0.717) is 17.8 Å². The van der Waals surface area contributed by atoms with Gasteiger partial charge in [-0.1, -0.05) is 17.9 Å². The molecule has 0 unspecified atom stereocenters. The van der Waals surface area contributed by atoms with Gasteiger partial charge in [0.1, 0.15) is 17.8 Å². The van der Waals surface area contributed by atoms with E-state index in [1.165, 1.54) is 17.9 Å². The van der Waals surface area contributed by atoms with Crippen molar-refractivity contribution >= 4 is 23.5 Å². The van der Waals surface area contributed by atoms with Crippen molar-refractivity contribution in [1.82, 2.24) is 0 Å². The summed E-state index contributed by atoms with van der Waals surface area (Å²) in [4.78, 5) is 0. The largest absolute Gasteiger partial charge is 0.486 e. The van der Waals surface area contributed by atoms with Crippen LogP contribution in [-0.4, -0.2) is 29.3 Å². The molecule has 2 nitrogen and oxygen atoms in total. The van der Waals surface area contributed by atoms with Crippen molar-refractivity contribution in [3.63, 3.8) is 0 Å². The molecular weight excluding hydrogens is 264 g/mol. The third-order valence-electron chi connectivity index (χ3n) is 2.72. The molecule has 2 aliphatic rings. The lowest BCUT2D eigenvalue weighted by Crippen LogP contribution is -2.16. The summed E-state index contributed by atoms with van der Waals surface area (Å²) in [6.07, 6.45) is 1.30. The van der Waals surface area contributed by atoms with Gasteiger partial charge in [-0.3, -0.25) is 0 Å². The van der Waals surface area contributed by atoms with Crippen molar-refractivity contribution in [2.24, 2.45) is 0 Å². The summed E-state index contributed by atoms with van der Waals surface area (Å²) in [5.74, 6) is 10.6. The zero-order valence-electron chi connectivity index (χ0n) is 9.98. The number of benzene rings is 1. The van der Waals surface area contributed by atoms with Crippen LogP contribution < -0.4 is 9.47 Å². The van der Waals surface area contributed by atoms with Crippen LogP contribution in [0.2, 0.25) is 0 Å². The maximum atomic E-state index is 5.65. The van der Waals surface area contributed by atoms with Gasteiger partial charge in [0, 0.05) is 0 Å². The molecule has 0 atom stereocenters. The molecule has 1 aromatic rings. The maximum absolute atomic E-state index is 5.65. The Morgan fingerprint density at radius 3 is 2.83 bits per heavy atom. The molecule has 0 spiro atoms. The molecule has 0 aliphatic carbocycles. The van der Waals surface area contributed by atoms with E-state index < -0.39 is 0 Å². The number of rotatable bonds is 0. The van der Waals surface area contributed by atoms with E-state index in [0.717, 1.165) is 17.1 Å². The van der Waals surface area contributed by atoms with Crippen LogP contribution in [0, 0.1) is 11.8 Å². The highest BCUT2D eigenvalue weighted by atomic mass is 32.2. The minimum atomic E-state index is 0.402. The van der Waals surface area contributed by atoms with Crippen molar-refractivity contribution in [3.05, 3.63) is 23.8 Å². The molecule has 1 saturated heterocycles.